The third-order valence-electron chi connectivity index (χ3n) is 3.44. The van der Waals surface area contributed by atoms with Crippen molar-refractivity contribution in [2.24, 2.45) is 0 Å². The first kappa shape index (κ1) is 20.1. The van der Waals surface area contributed by atoms with Gasteiger partial charge in [0.1, 0.15) is 0 Å². The minimum absolute atomic E-state index is 0. The van der Waals surface area contributed by atoms with Gasteiger partial charge in [0.25, 0.3) is 0 Å². The van der Waals surface area contributed by atoms with Gasteiger partial charge in [0, 0.05) is 37.8 Å². The molecule has 0 unspecified atom stereocenters. The van der Waals surface area contributed by atoms with Gasteiger partial charge in [-0.2, -0.15) is 4.39 Å². The smallest absolute Gasteiger partial charge is 0.200 e. The molecule has 2 rings (SSSR count). The van der Waals surface area contributed by atoms with Crippen molar-refractivity contribution in [2.75, 3.05) is 26.2 Å². The number of aromatic hydroxyl groups is 1. The summed E-state index contributed by atoms with van der Waals surface area (Å²) in [5.41, 5.74) is 0.417. The fourth-order valence-electron chi connectivity index (χ4n) is 2.45. The van der Waals surface area contributed by atoms with E-state index in [1.165, 1.54) is 6.07 Å². The Morgan fingerprint density at radius 1 is 1.29 bits per heavy atom. The van der Waals surface area contributed by atoms with Crippen LogP contribution in [0.15, 0.2) is 24.8 Å². The number of piperazine rings is 1. The number of hydrogen-bond donors (Lipinski definition) is 2. The van der Waals surface area contributed by atoms with Crippen molar-refractivity contribution in [1.29, 1.82) is 0 Å². The number of nitrogens with zero attached hydrogens (tertiary/aromatic N) is 1. The highest BCUT2D eigenvalue weighted by molar-refractivity contribution is 5.85. The van der Waals surface area contributed by atoms with E-state index in [0.29, 0.717) is 12.0 Å². The second-order valence-electron chi connectivity index (χ2n) is 4.63. The molecule has 0 amide bonds. The maximum atomic E-state index is 13.5. The van der Waals surface area contributed by atoms with Crippen molar-refractivity contribution in [2.45, 2.75) is 12.5 Å². The zero-order valence-electron chi connectivity index (χ0n) is 11.5. The first-order valence-corrected chi connectivity index (χ1v) is 6.37. The summed E-state index contributed by atoms with van der Waals surface area (Å²) in [6.45, 7) is 6.99. The molecule has 0 spiro atoms. The maximum Gasteiger partial charge on any atom is 0.200 e. The Kier molecular flexibility index (Phi) is 8.82. The first-order valence-electron chi connectivity index (χ1n) is 6.37. The number of phenols is 1. The minimum Gasteiger partial charge on any atom is -0.505 e. The average molecular weight is 341 g/mol. The van der Waals surface area contributed by atoms with Crippen LogP contribution < -0.4 is 5.32 Å². The molecule has 1 aliphatic rings. The van der Waals surface area contributed by atoms with E-state index in [2.05, 4.69) is 16.8 Å². The molecule has 0 radical (unpaired) electrons. The van der Waals surface area contributed by atoms with E-state index in [1.807, 2.05) is 0 Å². The molecule has 0 bridgehead atoms. The number of benzene rings is 1. The Morgan fingerprint density at radius 2 is 1.90 bits per heavy atom. The Bertz CT molecular complexity index is 469. The summed E-state index contributed by atoms with van der Waals surface area (Å²) >= 11 is 0. The zero-order valence-corrected chi connectivity index (χ0v) is 13.2. The topological polar surface area (TPSA) is 35.5 Å². The molecular formula is C14H20Cl2F2N2O. The molecule has 1 aromatic carbocycles. The lowest BCUT2D eigenvalue weighted by atomic mass is 9.99. The van der Waals surface area contributed by atoms with Crippen molar-refractivity contribution in [3.8, 4) is 5.75 Å². The second kappa shape index (κ2) is 9.20. The van der Waals surface area contributed by atoms with Crippen LogP contribution in [0.5, 0.6) is 5.75 Å². The molecule has 2 N–H and O–H groups in total. The van der Waals surface area contributed by atoms with Gasteiger partial charge in [0.2, 0.25) is 5.82 Å². The molecule has 120 valence electrons. The summed E-state index contributed by atoms with van der Waals surface area (Å²) < 4.78 is 26.5. The molecule has 1 fully saturated rings. The SMILES string of the molecule is C=CC[C@H](c1ccc(F)c(F)c1O)N1CCNCC1.Cl.Cl. The highest BCUT2D eigenvalue weighted by atomic mass is 35.5. The van der Waals surface area contributed by atoms with Crippen LogP contribution in [0.3, 0.4) is 0 Å². The van der Waals surface area contributed by atoms with Gasteiger partial charge < -0.3 is 10.4 Å². The number of nitrogens with one attached hydrogen (secondary N) is 1. The molecule has 1 saturated heterocycles. The van der Waals surface area contributed by atoms with E-state index in [9.17, 15) is 13.9 Å². The lowest BCUT2D eigenvalue weighted by Crippen LogP contribution is -2.45. The summed E-state index contributed by atoms with van der Waals surface area (Å²) in [5.74, 6) is -2.80. The summed E-state index contributed by atoms with van der Waals surface area (Å²) in [7, 11) is 0. The number of rotatable bonds is 4. The van der Waals surface area contributed by atoms with Crippen LogP contribution in [0.4, 0.5) is 8.78 Å². The van der Waals surface area contributed by atoms with E-state index in [-0.39, 0.29) is 30.9 Å². The van der Waals surface area contributed by atoms with Gasteiger partial charge in [-0.1, -0.05) is 12.1 Å². The Labute approximate surface area is 135 Å². The number of phenolic OH excluding ortho intramolecular Hbond substituents is 1. The highest BCUT2D eigenvalue weighted by Gasteiger charge is 2.25. The van der Waals surface area contributed by atoms with Crippen LogP contribution in [-0.2, 0) is 0 Å². The lowest BCUT2D eigenvalue weighted by Gasteiger charge is -2.35. The second-order valence-corrected chi connectivity index (χ2v) is 4.63. The molecule has 1 aliphatic heterocycles. The predicted molar refractivity (Wildman–Crippen MR) is 84.5 cm³/mol. The van der Waals surface area contributed by atoms with Crippen molar-refractivity contribution in [3.05, 3.63) is 42.0 Å². The van der Waals surface area contributed by atoms with Gasteiger partial charge in [-0.05, 0) is 12.5 Å². The molecule has 21 heavy (non-hydrogen) atoms. The molecule has 1 atom stereocenters. The van der Waals surface area contributed by atoms with Gasteiger partial charge in [0.05, 0.1) is 0 Å². The number of hydrogen-bond acceptors (Lipinski definition) is 3. The van der Waals surface area contributed by atoms with Crippen LogP contribution >= 0.6 is 24.8 Å². The third kappa shape index (κ3) is 4.54. The van der Waals surface area contributed by atoms with Gasteiger partial charge in [0.15, 0.2) is 11.6 Å². The van der Waals surface area contributed by atoms with Crippen LogP contribution in [0, 0.1) is 11.6 Å². The zero-order chi connectivity index (χ0) is 13.8. The molecule has 1 aromatic rings. The molecule has 0 aromatic heterocycles. The molecular weight excluding hydrogens is 321 g/mol. The molecule has 7 heteroatoms. The van der Waals surface area contributed by atoms with Crippen molar-refractivity contribution < 1.29 is 13.9 Å². The van der Waals surface area contributed by atoms with E-state index >= 15 is 0 Å². The Balaban J connectivity index is 0.00000200. The lowest BCUT2D eigenvalue weighted by molar-refractivity contribution is 0.171. The van der Waals surface area contributed by atoms with Crippen LogP contribution in [0.25, 0.3) is 0 Å². The van der Waals surface area contributed by atoms with E-state index in [0.717, 1.165) is 32.2 Å². The first-order chi connectivity index (χ1) is 9.15. The molecule has 1 heterocycles. The molecule has 3 nitrogen and oxygen atoms in total. The highest BCUT2D eigenvalue weighted by Crippen LogP contribution is 2.34. The van der Waals surface area contributed by atoms with Crippen molar-refractivity contribution >= 4 is 24.8 Å². The van der Waals surface area contributed by atoms with Gasteiger partial charge in [-0.3, -0.25) is 4.90 Å². The quantitative estimate of drug-likeness (QED) is 0.827. The van der Waals surface area contributed by atoms with Gasteiger partial charge in [-0.15, -0.1) is 31.4 Å². The summed E-state index contributed by atoms with van der Waals surface area (Å²) in [6.07, 6.45) is 2.31. The van der Waals surface area contributed by atoms with Crippen LogP contribution in [0.1, 0.15) is 18.0 Å². The van der Waals surface area contributed by atoms with Gasteiger partial charge >= 0.3 is 0 Å². The summed E-state index contributed by atoms with van der Waals surface area (Å²) in [4.78, 5) is 2.14. The van der Waals surface area contributed by atoms with Crippen LogP contribution in [0.2, 0.25) is 0 Å². The predicted octanol–water partition coefficient (Wildman–Crippen LogP) is 3.04. The van der Waals surface area contributed by atoms with Crippen molar-refractivity contribution in [1.82, 2.24) is 10.2 Å². The largest absolute Gasteiger partial charge is 0.505 e. The van der Waals surface area contributed by atoms with Crippen LogP contribution in [-0.4, -0.2) is 36.2 Å². The fraction of sp³-hybridized carbons (Fsp3) is 0.429. The molecule has 0 saturated carbocycles. The maximum absolute atomic E-state index is 13.5. The van der Waals surface area contributed by atoms with E-state index in [1.54, 1.807) is 6.08 Å². The standard InChI is InChI=1S/C14H18F2N2O.2ClH/c1-2-3-12(18-8-6-17-7-9-18)10-4-5-11(15)13(16)14(10)19;;/h2,4-5,12,17,19H,1,3,6-9H2;2*1H/t12-;;/m1../s1. The summed E-state index contributed by atoms with van der Waals surface area (Å²) in [5, 5.41) is 13.0. The average Bonchev–Trinajstić information content (AvgIpc) is 2.44. The Morgan fingerprint density at radius 3 is 2.48 bits per heavy atom. The normalized spacial score (nSPS) is 16.5. The number of halogens is 4. The third-order valence-corrected chi connectivity index (χ3v) is 3.44. The fourth-order valence-corrected chi connectivity index (χ4v) is 2.45. The Hall–Kier alpha value is -0.880. The minimum atomic E-state index is -1.18. The van der Waals surface area contributed by atoms with E-state index in [4.69, 9.17) is 0 Å². The molecule has 0 aliphatic carbocycles. The summed E-state index contributed by atoms with van der Waals surface area (Å²) in [6, 6.07) is 2.33. The van der Waals surface area contributed by atoms with E-state index < -0.39 is 17.4 Å². The van der Waals surface area contributed by atoms with Gasteiger partial charge in [-0.25, -0.2) is 4.39 Å². The monoisotopic (exact) mass is 340 g/mol. The van der Waals surface area contributed by atoms with Crippen molar-refractivity contribution in [3.63, 3.8) is 0 Å².